The van der Waals surface area contributed by atoms with Gasteiger partial charge >= 0.3 is 0 Å². The van der Waals surface area contributed by atoms with E-state index in [1.807, 2.05) is 0 Å². The highest BCUT2D eigenvalue weighted by Crippen LogP contribution is 2.09. The van der Waals surface area contributed by atoms with E-state index in [1.54, 1.807) is 25.3 Å². The topological polar surface area (TPSA) is 100 Å². The van der Waals surface area contributed by atoms with Crippen LogP contribution < -0.4 is 16.4 Å². The van der Waals surface area contributed by atoms with Gasteiger partial charge in [0.25, 0.3) is 0 Å². The van der Waals surface area contributed by atoms with Gasteiger partial charge in [0.2, 0.25) is 5.91 Å². The van der Waals surface area contributed by atoms with E-state index in [2.05, 4.69) is 15.6 Å². The minimum absolute atomic E-state index is 0.0658. The van der Waals surface area contributed by atoms with Gasteiger partial charge in [-0.25, -0.2) is 4.98 Å². The fourth-order valence-corrected chi connectivity index (χ4v) is 1.03. The Kier molecular flexibility index (Phi) is 4.68. The summed E-state index contributed by atoms with van der Waals surface area (Å²) in [7, 11) is 0. The molecule has 0 bridgehead atoms. The van der Waals surface area contributed by atoms with Crippen molar-refractivity contribution < 1.29 is 9.90 Å². The standard InChI is InChI=1S/C10H16N4O2/c1-7(15)5-12-8-2-3-9(13-6-8)14-10(16)4-11/h2-3,6-7,12,15H,4-5,11H2,1H3,(H,13,14,16). The van der Waals surface area contributed by atoms with Gasteiger partial charge in [0.1, 0.15) is 5.82 Å². The van der Waals surface area contributed by atoms with Crippen molar-refractivity contribution in [2.45, 2.75) is 13.0 Å². The molecule has 0 saturated carbocycles. The van der Waals surface area contributed by atoms with Crippen molar-refractivity contribution in [3.63, 3.8) is 0 Å². The van der Waals surface area contributed by atoms with E-state index >= 15 is 0 Å². The minimum Gasteiger partial charge on any atom is -0.392 e. The first-order valence-electron chi connectivity index (χ1n) is 4.99. The summed E-state index contributed by atoms with van der Waals surface area (Å²) in [6.07, 6.45) is 1.16. The van der Waals surface area contributed by atoms with Crippen molar-refractivity contribution in [2.24, 2.45) is 5.73 Å². The van der Waals surface area contributed by atoms with Crippen LogP contribution in [0.3, 0.4) is 0 Å². The molecular formula is C10H16N4O2. The number of aromatic nitrogens is 1. The molecule has 5 N–H and O–H groups in total. The Morgan fingerprint density at radius 2 is 2.38 bits per heavy atom. The van der Waals surface area contributed by atoms with E-state index in [0.29, 0.717) is 12.4 Å². The number of hydrogen-bond donors (Lipinski definition) is 4. The molecule has 0 radical (unpaired) electrons. The second kappa shape index (κ2) is 6.04. The third-order valence-corrected chi connectivity index (χ3v) is 1.82. The predicted molar refractivity (Wildman–Crippen MR) is 62.1 cm³/mol. The lowest BCUT2D eigenvalue weighted by Gasteiger charge is -2.08. The lowest BCUT2D eigenvalue weighted by Crippen LogP contribution is -2.22. The van der Waals surface area contributed by atoms with Crippen LogP contribution in [-0.4, -0.2) is 35.2 Å². The number of carbonyl (C=O) groups is 1. The Morgan fingerprint density at radius 1 is 1.62 bits per heavy atom. The number of nitrogens with zero attached hydrogens (tertiary/aromatic N) is 1. The Hall–Kier alpha value is -1.66. The van der Waals surface area contributed by atoms with Crippen molar-refractivity contribution in [3.05, 3.63) is 18.3 Å². The van der Waals surface area contributed by atoms with Crippen LogP contribution in [0.2, 0.25) is 0 Å². The molecule has 0 aliphatic heterocycles. The van der Waals surface area contributed by atoms with Crippen LogP contribution in [0, 0.1) is 0 Å². The summed E-state index contributed by atoms with van der Waals surface area (Å²) in [5.41, 5.74) is 5.93. The van der Waals surface area contributed by atoms with Gasteiger partial charge in [-0.05, 0) is 19.1 Å². The average molecular weight is 224 g/mol. The first-order valence-corrected chi connectivity index (χ1v) is 4.99. The molecule has 0 aliphatic rings. The Balaban J connectivity index is 2.51. The van der Waals surface area contributed by atoms with Crippen LogP contribution >= 0.6 is 0 Å². The fraction of sp³-hybridized carbons (Fsp3) is 0.400. The van der Waals surface area contributed by atoms with Crippen molar-refractivity contribution in [1.29, 1.82) is 0 Å². The molecule has 1 aromatic heterocycles. The quantitative estimate of drug-likeness (QED) is 0.553. The van der Waals surface area contributed by atoms with Crippen LogP contribution in [0.15, 0.2) is 18.3 Å². The minimum atomic E-state index is -0.420. The monoisotopic (exact) mass is 224 g/mol. The second-order valence-corrected chi connectivity index (χ2v) is 3.41. The van der Waals surface area contributed by atoms with Gasteiger partial charge < -0.3 is 21.5 Å². The number of anilines is 2. The number of carbonyl (C=O) groups excluding carboxylic acids is 1. The SMILES string of the molecule is CC(O)CNc1ccc(NC(=O)CN)nc1. The van der Waals surface area contributed by atoms with E-state index < -0.39 is 6.10 Å². The maximum atomic E-state index is 11.0. The zero-order valence-electron chi connectivity index (χ0n) is 9.10. The molecule has 16 heavy (non-hydrogen) atoms. The summed E-state index contributed by atoms with van der Waals surface area (Å²) in [6.45, 7) is 2.08. The first kappa shape index (κ1) is 12.4. The highest BCUT2D eigenvalue weighted by atomic mass is 16.3. The van der Waals surface area contributed by atoms with Gasteiger partial charge in [0, 0.05) is 6.54 Å². The number of aliphatic hydroxyl groups is 1. The summed E-state index contributed by atoms with van der Waals surface area (Å²) in [4.78, 5) is 15.0. The van der Waals surface area contributed by atoms with Crippen LogP contribution in [-0.2, 0) is 4.79 Å². The summed E-state index contributed by atoms with van der Waals surface area (Å²) in [5.74, 6) is 0.176. The number of rotatable bonds is 5. The molecule has 1 aromatic rings. The third-order valence-electron chi connectivity index (χ3n) is 1.82. The molecule has 88 valence electrons. The van der Waals surface area contributed by atoms with Crippen molar-refractivity contribution >= 4 is 17.4 Å². The molecule has 6 nitrogen and oxygen atoms in total. The van der Waals surface area contributed by atoms with Gasteiger partial charge in [0.15, 0.2) is 0 Å². The molecule has 1 atom stereocenters. The Morgan fingerprint density at radius 3 is 2.88 bits per heavy atom. The molecule has 0 aromatic carbocycles. The van der Waals surface area contributed by atoms with E-state index in [9.17, 15) is 4.79 Å². The maximum absolute atomic E-state index is 11.0. The highest BCUT2D eigenvalue weighted by Gasteiger charge is 2.00. The number of hydrogen-bond acceptors (Lipinski definition) is 5. The average Bonchev–Trinajstić information content (AvgIpc) is 2.28. The fourth-order valence-electron chi connectivity index (χ4n) is 1.03. The number of nitrogens with two attached hydrogens (primary N) is 1. The number of amides is 1. The van der Waals surface area contributed by atoms with Crippen molar-refractivity contribution in [1.82, 2.24) is 4.98 Å². The lowest BCUT2D eigenvalue weighted by molar-refractivity contribution is -0.114. The van der Waals surface area contributed by atoms with Crippen molar-refractivity contribution in [2.75, 3.05) is 23.7 Å². The highest BCUT2D eigenvalue weighted by molar-refractivity contribution is 5.91. The smallest absolute Gasteiger partial charge is 0.239 e. The molecule has 1 heterocycles. The normalized spacial score (nSPS) is 11.9. The second-order valence-electron chi connectivity index (χ2n) is 3.41. The Bertz CT molecular complexity index is 337. The zero-order chi connectivity index (χ0) is 12.0. The van der Waals surface area contributed by atoms with Gasteiger partial charge in [-0.15, -0.1) is 0 Å². The molecule has 0 fully saturated rings. The summed E-state index contributed by atoms with van der Waals surface area (Å²) in [5, 5.41) is 14.6. The number of pyridine rings is 1. The van der Waals surface area contributed by atoms with Crippen molar-refractivity contribution in [3.8, 4) is 0 Å². The Labute approximate surface area is 93.9 Å². The van der Waals surface area contributed by atoms with Crippen LogP contribution in [0.1, 0.15) is 6.92 Å². The molecule has 0 saturated heterocycles. The molecule has 0 spiro atoms. The van der Waals surface area contributed by atoms with Crippen LogP contribution in [0.25, 0.3) is 0 Å². The molecule has 1 rings (SSSR count). The van der Waals surface area contributed by atoms with E-state index in [0.717, 1.165) is 5.69 Å². The molecule has 1 unspecified atom stereocenters. The molecule has 0 aliphatic carbocycles. The van der Waals surface area contributed by atoms with E-state index in [4.69, 9.17) is 10.8 Å². The van der Waals surface area contributed by atoms with E-state index in [-0.39, 0.29) is 12.5 Å². The molecule has 1 amide bonds. The number of aliphatic hydroxyl groups excluding tert-OH is 1. The summed E-state index contributed by atoms with van der Waals surface area (Å²) >= 11 is 0. The zero-order valence-corrected chi connectivity index (χ0v) is 9.10. The van der Waals surface area contributed by atoms with E-state index in [1.165, 1.54) is 0 Å². The molecule has 6 heteroatoms. The predicted octanol–water partition coefficient (Wildman–Crippen LogP) is -0.229. The summed E-state index contributed by atoms with van der Waals surface area (Å²) < 4.78 is 0. The van der Waals surface area contributed by atoms with Gasteiger partial charge in [0.05, 0.1) is 24.5 Å². The van der Waals surface area contributed by atoms with Gasteiger partial charge in [-0.2, -0.15) is 0 Å². The lowest BCUT2D eigenvalue weighted by atomic mass is 10.3. The first-order chi connectivity index (χ1) is 7.61. The van der Waals surface area contributed by atoms with Crippen LogP contribution in [0.5, 0.6) is 0 Å². The maximum Gasteiger partial charge on any atom is 0.239 e. The largest absolute Gasteiger partial charge is 0.392 e. The summed E-state index contributed by atoms with van der Waals surface area (Å²) in [6, 6.07) is 3.43. The van der Waals surface area contributed by atoms with Crippen LogP contribution in [0.4, 0.5) is 11.5 Å². The molecular weight excluding hydrogens is 208 g/mol. The van der Waals surface area contributed by atoms with Gasteiger partial charge in [-0.3, -0.25) is 4.79 Å². The third kappa shape index (κ3) is 4.24. The van der Waals surface area contributed by atoms with Gasteiger partial charge in [-0.1, -0.05) is 0 Å². The number of nitrogens with one attached hydrogen (secondary N) is 2.